The Labute approximate surface area is 107 Å². The first kappa shape index (κ1) is 12.2. The second kappa shape index (κ2) is 5.41. The monoisotopic (exact) mass is 238 g/mol. The molecule has 18 heavy (non-hydrogen) atoms. The van der Waals surface area contributed by atoms with Crippen LogP contribution in [-0.2, 0) is 0 Å². The molecule has 0 amide bonds. The van der Waals surface area contributed by atoms with Gasteiger partial charge in [-0.2, -0.15) is 4.57 Å². The fraction of sp³-hybridized carbons (Fsp3) is 0.125. The van der Waals surface area contributed by atoms with Crippen molar-refractivity contribution in [3.8, 4) is 0 Å². The minimum Gasteiger partial charge on any atom is -0.289 e. The number of pyridine rings is 1. The third-order valence-electron chi connectivity index (χ3n) is 2.70. The van der Waals surface area contributed by atoms with E-state index in [4.69, 9.17) is 0 Å². The van der Waals surface area contributed by atoms with Crippen molar-refractivity contribution < 1.29 is 9.36 Å². The smallest absolute Gasteiger partial charge is 0.191 e. The Morgan fingerprint density at radius 2 is 1.78 bits per heavy atom. The molecular formula is C16H16NO+. The Morgan fingerprint density at radius 3 is 2.44 bits per heavy atom. The highest BCUT2D eigenvalue weighted by Crippen LogP contribution is 2.04. The number of allylic oxidation sites excluding steroid dienone is 1. The van der Waals surface area contributed by atoms with Gasteiger partial charge < -0.3 is 0 Å². The fourth-order valence-electron chi connectivity index (χ4n) is 1.68. The predicted octanol–water partition coefficient (Wildman–Crippen LogP) is 2.94. The SMILES string of the molecule is Cc1ccc(C(=O)/C=C\[n+]2cccc(C)c2)cc1. The Balaban J connectivity index is 2.14. The van der Waals surface area contributed by atoms with E-state index in [9.17, 15) is 4.79 Å². The molecule has 0 saturated carbocycles. The van der Waals surface area contributed by atoms with Crippen LogP contribution in [0.25, 0.3) is 6.20 Å². The van der Waals surface area contributed by atoms with E-state index in [1.165, 1.54) is 0 Å². The zero-order valence-electron chi connectivity index (χ0n) is 10.6. The van der Waals surface area contributed by atoms with Crippen LogP contribution in [-0.4, -0.2) is 5.78 Å². The van der Waals surface area contributed by atoms with E-state index < -0.39 is 0 Å². The summed E-state index contributed by atoms with van der Waals surface area (Å²) in [7, 11) is 0. The van der Waals surface area contributed by atoms with E-state index >= 15 is 0 Å². The highest BCUT2D eigenvalue weighted by atomic mass is 16.1. The number of rotatable bonds is 3. The van der Waals surface area contributed by atoms with Gasteiger partial charge in [0.05, 0.1) is 6.08 Å². The summed E-state index contributed by atoms with van der Waals surface area (Å²) >= 11 is 0. The molecule has 1 aromatic heterocycles. The zero-order chi connectivity index (χ0) is 13.0. The second-order valence-electron chi connectivity index (χ2n) is 4.37. The van der Waals surface area contributed by atoms with E-state index in [0.29, 0.717) is 5.56 Å². The summed E-state index contributed by atoms with van der Waals surface area (Å²) in [6, 6.07) is 11.6. The lowest BCUT2D eigenvalue weighted by Crippen LogP contribution is -2.25. The van der Waals surface area contributed by atoms with Crippen molar-refractivity contribution in [3.63, 3.8) is 0 Å². The van der Waals surface area contributed by atoms with Crippen molar-refractivity contribution in [3.05, 3.63) is 71.6 Å². The number of ketones is 1. The van der Waals surface area contributed by atoms with Gasteiger partial charge in [0.2, 0.25) is 0 Å². The molecule has 90 valence electrons. The average Bonchev–Trinajstić information content (AvgIpc) is 2.37. The van der Waals surface area contributed by atoms with E-state index in [1.807, 2.05) is 67.2 Å². The van der Waals surface area contributed by atoms with Crippen LogP contribution in [0.5, 0.6) is 0 Å². The number of carbonyl (C=O) groups excluding carboxylic acids is 1. The summed E-state index contributed by atoms with van der Waals surface area (Å²) in [5, 5.41) is 0. The molecule has 0 aliphatic rings. The van der Waals surface area contributed by atoms with Gasteiger partial charge in [-0.25, -0.2) is 0 Å². The van der Waals surface area contributed by atoms with Gasteiger partial charge in [-0.3, -0.25) is 4.79 Å². The summed E-state index contributed by atoms with van der Waals surface area (Å²) in [4.78, 5) is 11.9. The van der Waals surface area contributed by atoms with Gasteiger partial charge in [0, 0.05) is 17.2 Å². The normalized spacial score (nSPS) is 10.8. The zero-order valence-corrected chi connectivity index (χ0v) is 10.6. The quantitative estimate of drug-likeness (QED) is 0.457. The molecule has 0 fully saturated rings. The summed E-state index contributed by atoms with van der Waals surface area (Å²) in [6.07, 6.45) is 7.24. The molecule has 0 atom stereocenters. The van der Waals surface area contributed by atoms with Gasteiger partial charge >= 0.3 is 0 Å². The first-order valence-electron chi connectivity index (χ1n) is 5.92. The molecule has 2 rings (SSSR count). The van der Waals surface area contributed by atoms with Crippen LogP contribution in [0.1, 0.15) is 21.5 Å². The van der Waals surface area contributed by atoms with Crippen molar-refractivity contribution in [1.82, 2.24) is 0 Å². The molecule has 0 unspecified atom stereocenters. The molecule has 0 radical (unpaired) electrons. The first-order chi connectivity index (χ1) is 8.65. The lowest BCUT2D eigenvalue weighted by Gasteiger charge is -1.95. The van der Waals surface area contributed by atoms with Crippen molar-refractivity contribution in [1.29, 1.82) is 0 Å². The van der Waals surface area contributed by atoms with Crippen LogP contribution in [0.15, 0.2) is 54.9 Å². The van der Waals surface area contributed by atoms with Crippen molar-refractivity contribution in [2.24, 2.45) is 0 Å². The number of hydrogen-bond donors (Lipinski definition) is 0. The van der Waals surface area contributed by atoms with Crippen molar-refractivity contribution >= 4 is 12.0 Å². The lowest BCUT2D eigenvalue weighted by atomic mass is 10.1. The molecule has 0 saturated heterocycles. The van der Waals surface area contributed by atoms with Crippen LogP contribution >= 0.6 is 0 Å². The molecule has 1 heterocycles. The second-order valence-corrected chi connectivity index (χ2v) is 4.37. The van der Waals surface area contributed by atoms with Crippen LogP contribution in [0.3, 0.4) is 0 Å². The number of carbonyl (C=O) groups is 1. The number of aromatic nitrogens is 1. The lowest BCUT2D eigenvalue weighted by molar-refractivity contribution is -0.568. The highest BCUT2D eigenvalue weighted by molar-refractivity contribution is 6.05. The van der Waals surface area contributed by atoms with Crippen LogP contribution in [0.4, 0.5) is 0 Å². The summed E-state index contributed by atoms with van der Waals surface area (Å²) in [5.74, 6) is 0.0176. The van der Waals surface area contributed by atoms with E-state index in [2.05, 4.69) is 0 Å². The molecule has 2 nitrogen and oxygen atoms in total. The summed E-state index contributed by atoms with van der Waals surface area (Å²) in [5.41, 5.74) is 3.03. The Morgan fingerprint density at radius 1 is 1.06 bits per heavy atom. The molecule has 0 bridgehead atoms. The number of hydrogen-bond acceptors (Lipinski definition) is 1. The van der Waals surface area contributed by atoms with Crippen molar-refractivity contribution in [2.45, 2.75) is 13.8 Å². The maximum atomic E-state index is 11.9. The molecular weight excluding hydrogens is 222 g/mol. The van der Waals surface area contributed by atoms with E-state index in [1.54, 1.807) is 12.3 Å². The third-order valence-corrected chi connectivity index (χ3v) is 2.70. The Bertz CT molecular complexity index is 582. The molecule has 0 N–H and O–H groups in total. The molecule has 2 heteroatoms. The minimum atomic E-state index is 0.0176. The fourth-order valence-corrected chi connectivity index (χ4v) is 1.68. The number of benzene rings is 1. The molecule has 2 aromatic rings. The van der Waals surface area contributed by atoms with Crippen LogP contribution < -0.4 is 4.57 Å². The maximum Gasteiger partial charge on any atom is 0.191 e. The van der Waals surface area contributed by atoms with E-state index in [-0.39, 0.29) is 5.78 Å². The van der Waals surface area contributed by atoms with Gasteiger partial charge in [0.25, 0.3) is 0 Å². The molecule has 0 spiro atoms. The standard InChI is InChI=1S/C16H16NO/c1-13-5-7-15(8-6-13)16(18)9-11-17-10-3-4-14(2)12-17/h3-12H,1-2H3/q+1/b11-9-. The Kier molecular flexibility index (Phi) is 3.68. The highest BCUT2D eigenvalue weighted by Gasteiger charge is 2.02. The maximum absolute atomic E-state index is 11.9. The van der Waals surface area contributed by atoms with Gasteiger partial charge in [0.15, 0.2) is 24.4 Å². The topological polar surface area (TPSA) is 20.9 Å². The van der Waals surface area contributed by atoms with Crippen molar-refractivity contribution in [2.75, 3.05) is 0 Å². The van der Waals surface area contributed by atoms with Gasteiger partial charge in [0.1, 0.15) is 0 Å². The molecule has 1 aromatic carbocycles. The summed E-state index contributed by atoms with van der Waals surface area (Å²) < 4.78 is 1.88. The van der Waals surface area contributed by atoms with Crippen LogP contribution in [0, 0.1) is 13.8 Å². The summed E-state index contributed by atoms with van der Waals surface area (Å²) in [6.45, 7) is 4.03. The first-order valence-corrected chi connectivity index (χ1v) is 5.92. The number of aryl methyl sites for hydroxylation is 2. The van der Waals surface area contributed by atoms with Gasteiger partial charge in [-0.05, 0) is 19.9 Å². The Hall–Kier alpha value is -2.22. The van der Waals surface area contributed by atoms with Gasteiger partial charge in [-0.15, -0.1) is 0 Å². The number of nitrogens with zero attached hydrogens (tertiary/aromatic N) is 1. The van der Waals surface area contributed by atoms with E-state index in [0.717, 1.165) is 11.1 Å². The minimum absolute atomic E-state index is 0.0176. The van der Waals surface area contributed by atoms with Crippen LogP contribution in [0.2, 0.25) is 0 Å². The predicted molar refractivity (Wildman–Crippen MR) is 72.2 cm³/mol. The van der Waals surface area contributed by atoms with Gasteiger partial charge in [-0.1, -0.05) is 29.8 Å². The third kappa shape index (κ3) is 3.14. The average molecular weight is 238 g/mol. The molecule has 0 aliphatic heterocycles. The molecule has 0 aliphatic carbocycles. The largest absolute Gasteiger partial charge is 0.289 e.